The minimum absolute atomic E-state index is 0.0362. The van der Waals surface area contributed by atoms with E-state index < -0.39 is 5.97 Å². The summed E-state index contributed by atoms with van der Waals surface area (Å²) in [6, 6.07) is 4.94. The normalized spacial score (nSPS) is 10.5. The van der Waals surface area contributed by atoms with Gasteiger partial charge in [-0.1, -0.05) is 38.5 Å². The monoisotopic (exact) mass is 382 g/mol. The number of halogens is 1. The molecule has 26 heavy (non-hydrogen) atoms. The average molecular weight is 383 g/mol. The standard InChI is InChI=1S/C20H30ClNO4/c1-16-14-17(10-11-18(16)20(24)25)26-13-9-7-5-3-2-4-6-8-12-22-19(23)15-21/h10-11,14H,2-9,12-13,15H2,1H3,(H,22,23)(H,24,25)/p-1. The molecule has 1 amide bonds. The van der Waals surface area contributed by atoms with Gasteiger partial charge in [-0.15, -0.1) is 11.6 Å². The van der Waals surface area contributed by atoms with E-state index in [1.807, 2.05) is 0 Å². The highest BCUT2D eigenvalue weighted by Gasteiger charge is 2.02. The fraction of sp³-hybridized carbons (Fsp3) is 0.600. The van der Waals surface area contributed by atoms with E-state index >= 15 is 0 Å². The van der Waals surface area contributed by atoms with Gasteiger partial charge in [0.1, 0.15) is 11.6 Å². The zero-order valence-electron chi connectivity index (χ0n) is 15.5. The second kappa shape index (κ2) is 13.5. The number of aryl methyl sites for hydroxylation is 1. The molecule has 1 rings (SSSR count). The van der Waals surface area contributed by atoms with Gasteiger partial charge in [-0.05, 0) is 43.5 Å². The summed E-state index contributed by atoms with van der Waals surface area (Å²) in [6.45, 7) is 3.10. The molecule has 0 saturated heterocycles. The van der Waals surface area contributed by atoms with Gasteiger partial charge in [-0.25, -0.2) is 0 Å². The van der Waals surface area contributed by atoms with E-state index in [9.17, 15) is 14.7 Å². The van der Waals surface area contributed by atoms with Crippen LogP contribution in [0.15, 0.2) is 18.2 Å². The predicted molar refractivity (Wildman–Crippen MR) is 102 cm³/mol. The molecule has 6 heteroatoms. The third-order valence-corrected chi connectivity index (χ3v) is 4.44. The zero-order valence-corrected chi connectivity index (χ0v) is 16.3. The van der Waals surface area contributed by atoms with Crippen LogP contribution < -0.4 is 15.2 Å². The molecule has 0 aliphatic rings. The lowest BCUT2D eigenvalue weighted by Gasteiger charge is -2.10. The van der Waals surface area contributed by atoms with Crippen molar-refractivity contribution in [3.05, 3.63) is 29.3 Å². The molecule has 0 radical (unpaired) electrons. The van der Waals surface area contributed by atoms with E-state index in [0.29, 0.717) is 24.5 Å². The smallest absolute Gasteiger partial charge is 0.234 e. The molecule has 0 fully saturated rings. The number of carboxylic acids is 1. The van der Waals surface area contributed by atoms with Gasteiger partial charge < -0.3 is 20.0 Å². The molecule has 1 aromatic rings. The van der Waals surface area contributed by atoms with Crippen molar-refractivity contribution in [2.45, 2.75) is 58.3 Å². The second-order valence-corrected chi connectivity index (χ2v) is 6.69. The van der Waals surface area contributed by atoms with Gasteiger partial charge in [0.05, 0.1) is 12.6 Å². The summed E-state index contributed by atoms with van der Waals surface area (Å²) in [5.74, 6) is -0.518. The molecule has 0 aliphatic carbocycles. The summed E-state index contributed by atoms with van der Waals surface area (Å²) in [7, 11) is 0. The largest absolute Gasteiger partial charge is 0.545 e. The van der Waals surface area contributed by atoms with E-state index in [2.05, 4.69) is 5.32 Å². The highest BCUT2D eigenvalue weighted by molar-refractivity contribution is 6.27. The lowest BCUT2D eigenvalue weighted by Crippen LogP contribution is -2.25. The number of amides is 1. The first-order valence-corrected chi connectivity index (χ1v) is 9.85. The Morgan fingerprint density at radius 1 is 1.04 bits per heavy atom. The molecule has 0 spiro atoms. The van der Waals surface area contributed by atoms with Gasteiger partial charge in [-0.2, -0.15) is 0 Å². The average Bonchev–Trinajstić information content (AvgIpc) is 2.62. The summed E-state index contributed by atoms with van der Waals surface area (Å²) in [6.07, 6.45) is 9.07. The molecule has 1 N–H and O–H groups in total. The number of rotatable bonds is 14. The maximum absolute atomic E-state index is 10.9. The number of benzene rings is 1. The number of aromatic carboxylic acids is 1. The van der Waals surface area contributed by atoms with Crippen LogP contribution in [0.2, 0.25) is 0 Å². The molecule has 0 heterocycles. The number of nitrogens with one attached hydrogen (secondary N) is 1. The van der Waals surface area contributed by atoms with Gasteiger partial charge in [0.2, 0.25) is 5.91 Å². The maximum atomic E-state index is 10.9. The summed E-state index contributed by atoms with van der Waals surface area (Å²) >= 11 is 5.40. The minimum Gasteiger partial charge on any atom is -0.545 e. The van der Waals surface area contributed by atoms with E-state index in [4.69, 9.17) is 16.3 Å². The van der Waals surface area contributed by atoms with Crippen molar-refractivity contribution in [3.8, 4) is 5.75 Å². The first kappa shape index (κ1) is 22.3. The van der Waals surface area contributed by atoms with E-state index in [0.717, 1.165) is 25.7 Å². The SMILES string of the molecule is Cc1cc(OCCCCCCCCCCNC(=O)CCl)ccc1C(=O)[O-]. The number of carboxylic acid groups (broad SMARTS) is 1. The molecule has 0 atom stereocenters. The van der Waals surface area contributed by atoms with Crippen molar-refractivity contribution in [2.24, 2.45) is 0 Å². The second-order valence-electron chi connectivity index (χ2n) is 6.42. The number of ether oxygens (including phenoxy) is 1. The van der Waals surface area contributed by atoms with E-state index in [1.165, 1.54) is 31.7 Å². The molecule has 146 valence electrons. The van der Waals surface area contributed by atoms with Gasteiger partial charge in [0.15, 0.2) is 0 Å². The fourth-order valence-corrected chi connectivity index (χ4v) is 2.80. The predicted octanol–water partition coefficient (Wildman–Crippen LogP) is 3.21. The van der Waals surface area contributed by atoms with Crippen LogP contribution in [0.25, 0.3) is 0 Å². The number of unbranched alkanes of at least 4 members (excludes halogenated alkanes) is 7. The fourth-order valence-electron chi connectivity index (χ4n) is 2.71. The van der Waals surface area contributed by atoms with Crippen LogP contribution in [0.4, 0.5) is 0 Å². The van der Waals surface area contributed by atoms with Gasteiger partial charge in [0.25, 0.3) is 0 Å². The number of hydrogen-bond donors (Lipinski definition) is 1. The topological polar surface area (TPSA) is 78.5 Å². The van der Waals surface area contributed by atoms with Crippen LogP contribution in [-0.2, 0) is 4.79 Å². The van der Waals surface area contributed by atoms with Gasteiger partial charge in [0, 0.05) is 12.1 Å². The summed E-state index contributed by atoms with van der Waals surface area (Å²) in [5, 5.41) is 13.6. The summed E-state index contributed by atoms with van der Waals surface area (Å²) < 4.78 is 5.66. The van der Waals surface area contributed by atoms with Crippen LogP contribution in [0.5, 0.6) is 5.75 Å². The molecule has 0 bridgehead atoms. The Bertz CT molecular complexity index is 563. The summed E-state index contributed by atoms with van der Waals surface area (Å²) in [5.41, 5.74) is 0.864. The lowest BCUT2D eigenvalue weighted by atomic mass is 10.1. The van der Waals surface area contributed by atoms with Crippen molar-refractivity contribution in [1.82, 2.24) is 5.32 Å². The molecule has 0 saturated carbocycles. The molecule has 0 aliphatic heterocycles. The Morgan fingerprint density at radius 2 is 1.65 bits per heavy atom. The van der Waals surface area contributed by atoms with Crippen molar-refractivity contribution in [3.63, 3.8) is 0 Å². The Morgan fingerprint density at radius 3 is 2.23 bits per heavy atom. The first-order valence-electron chi connectivity index (χ1n) is 9.32. The lowest BCUT2D eigenvalue weighted by molar-refractivity contribution is -0.255. The highest BCUT2D eigenvalue weighted by atomic mass is 35.5. The first-order chi connectivity index (χ1) is 12.5. The number of carbonyl (C=O) groups is 2. The molecular formula is C20H29ClNO4-. The van der Waals surface area contributed by atoms with Crippen LogP contribution in [-0.4, -0.2) is 30.9 Å². The van der Waals surface area contributed by atoms with Crippen LogP contribution in [0, 0.1) is 6.92 Å². The van der Waals surface area contributed by atoms with E-state index in [-0.39, 0.29) is 17.4 Å². The third-order valence-electron chi connectivity index (χ3n) is 4.20. The van der Waals surface area contributed by atoms with Crippen molar-refractivity contribution in [1.29, 1.82) is 0 Å². The Labute approximate surface area is 161 Å². The van der Waals surface area contributed by atoms with Gasteiger partial charge in [-0.3, -0.25) is 4.79 Å². The van der Waals surface area contributed by atoms with Gasteiger partial charge >= 0.3 is 0 Å². The number of hydrogen-bond acceptors (Lipinski definition) is 4. The van der Waals surface area contributed by atoms with Crippen molar-refractivity contribution >= 4 is 23.5 Å². The third kappa shape index (κ3) is 9.66. The van der Waals surface area contributed by atoms with Crippen LogP contribution in [0.1, 0.15) is 67.3 Å². The Kier molecular flexibility index (Phi) is 11.5. The molecule has 1 aromatic carbocycles. The Hall–Kier alpha value is -1.75. The van der Waals surface area contributed by atoms with E-state index in [1.54, 1.807) is 19.1 Å². The Balaban J connectivity index is 1.96. The molecule has 0 unspecified atom stereocenters. The zero-order chi connectivity index (χ0) is 19.2. The van der Waals surface area contributed by atoms with Crippen LogP contribution in [0.3, 0.4) is 0 Å². The molecule has 0 aromatic heterocycles. The van der Waals surface area contributed by atoms with Crippen molar-refractivity contribution in [2.75, 3.05) is 19.0 Å². The maximum Gasteiger partial charge on any atom is 0.234 e. The van der Waals surface area contributed by atoms with Crippen molar-refractivity contribution < 1.29 is 19.4 Å². The number of alkyl halides is 1. The highest BCUT2D eigenvalue weighted by Crippen LogP contribution is 2.17. The quantitative estimate of drug-likeness (QED) is 0.396. The molecule has 5 nitrogen and oxygen atoms in total. The number of carbonyl (C=O) groups excluding carboxylic acids is 2. The summed E-state index contributed by atoms with van der Waals surface area (Å²) in [4.78, 5) is 21.8. The minimum atomic E-state index is -1.16. The van der Waals surface area contributed by atoms with Crippen LogP contribution >= 0.6 is 11.6 Å². The molecular weight excluding hydrogens is 354 g/mol.